The molecule has 1 aromatic carbocycles. The van der Waals surface area contributed by atoms with Gasteiger partial charge in [0.25, 0.3) is 0 Å². The molecule has 0 aromatic heterocycles. The molecule has 2 fully saturated rings. The third-order valence-electron chi connectivity index (χ3n) is 6.81. The maximum atomic E-state index is 12.9. The topological polar surface area (TPSA) is 59.1 Å². The molecule has 1 saturated carbocycles. The SMILES string of the molecule is CC(CCCOC1CCC(N(C)S(=O)(=O)c2ccc(C(F)(F)F)cc2)CC1)N1CCOCC1. The van der Waals surface area contributed by atoms with Crippen molar-refractivity contribution < 1.29 is 31.1 Å². The molecule has 1 aromatic rings. The van der Waals surface area contributed by atoms with Crippen molar-refractivity contribution in [2.24, 2.45) is 0 Å². The molecule has 1 aliphatic carbocycles. The van der Waals surface area contributed by atoms with E-state index in [9.17, 15) is 21.6 Å². The second-order valence-electron chi connectivity index (χ2n) is 8.98. The monoisotopic (exact) mass is 492 g/mol. The summed E-state index contributed by atoms with van der Waals surface area (Å²) in [6, 6.07) is 4.01. The maximum Gasteiger partial charge on any atom is 0.416 e. The number of alkyl halides is 3. The fourth-order valence-electron chi connectivity index (χ4n) is 4.58. The molecule has 10 heteroatoms. The number of benzene rings is 1. The van der Waals surface area contributed by atoms with E-state index in [1.807, 2.05) is 0 Å². The predicted molar refractivity (Wildman–Crippen MR) is 119 cm³/mol. The molecule has 33 heavy (non-hydrogen) atoms. The van der Waals surface area contributed by atoms with E-state index < -0.39 is 21.8 Å². The van der Waals surface area contributed by atoms with E-state index in [1.54, 1.807) is 0 Å². The highest BCUT2D eigenvalue weighted by Crippen LogP contribution is 2.32. The van der Waals surface area contributed by atoms with Gasteiger partial charge in [-0.1, -0.05) is 0 Å². The number of hydrogen-bond acceptors (Lipinski definition) is 5. The molecule has 1 atom stereocenters. The highest BCUT2D eigenvalue weighted by atomic mass is 32.2. The molecule has 1 aliphatic heterocycles. The molecule has 188 valence electrons. The first-order valence-corrected chi connectivity index (χ1v) is 13.1. The second kappa shape index (κ2) is 11.5. The average molecular weight is 493 g/mol. The minimum absolute atomic E-state index is 0.120. The van der Waals surface area contributed by atoms with Gasteiger partial charge in [-0.3, -0.25) is 4.90 Å². The Morgan fingerprint density at radius 1 is 1.12 bits per heavy atom. The molecule has 0 amide bonds. The van der Waals surface area contributed by atoms with Gasteiger partial charge in [0.2, 0.25) is 10.0 Å². The van der Waals surface area contributed by atoms with Gasteiger partial charge in [-0.2, -0.15) is 17.5 Å². The molecule has 3 rings (SSSR count). The van der Waals surface area contributed by atoms with Crippen LogP contribution in [-0.2, 0) is 25.7 Å². The predicted octanol–water partition coefficient (Wildman–Crippen LogP) is 4.15. The number of nitrogens with zero attached hydrogens (tertiary/aromatic N) is 2. The van der Waals surface area contributed by atoms with Crippen LogP contribution < -0.4 is 0 Å². The van der Waals surface area contributed by atoms with Gasteiger partial charge in [-0.25, -0.2) is 8.42 Å². The molecule has 0 radical (unpaired) electrons. The number of sulfonamides is 1. The van der Waals surface area contributed by atoms with Gasteiger partial charge in [0.15, 0.2) is 0 Å². The largest absolute Gasteiger partial charge is 0.416 e. The van der Waals surface area contributed by atoms with Crippen LogP contribution in [0.2, 0.25) is 0 Å². The van der Waals surface area contributed by atoms with Crippen LogP contribution in [0.3, 0.4) is 0 Å². The molecule has 1 unspecified atom stereocenters. The van der Waals surface area contributed by atoms with Crippen molar-refractivity contribution in [1.29, 1.82) is 0 Å². The standard InChI is InChI=1S/C23H35F3N2O4S/c1-18(28-13-16-31-17-14-28)4-3-15-32-21-9-7-20(8-10-21)27(2)33(29,30)22-11-5-19(6-12-22)23(24,25)26/h5-6,11-12,18,20-21H,3-4,7-10,13-17H2,1-2H3. The summed E-state index contributed by atoms with van der Waals surface area (Å²) in [5, 5.41) is 0. The van der Waals surface area contributed by atoms with Crippen molar-refractivity contribution >= 4 is 10.0 Å². The van der Waals surface area contributed by atoms with Crippen molar-refractivity contribution in [1.82, 2.24) is 9.21 Å². The van der Waals surface area contributed by atoms with Gasteiger partial charge in [-0.15, -0.1) is 0 Å². The van der Waals surface area contributed by atoms with Crippen molar-refractivity contribution in [2.75, 3.05) is 40.0 Å². The third kappa shape index (κ3) is 7.14. The van der Waals surface area contributed by atoms with E-state index in [0.717, 1.165) is 76.3 Å². The Bertz CT molecular complexity index is 834. The molecule has 0 spiro atoms. The Morgan fingerprint density at radius 2 is 1.73 bits per heavy atom. The molecular weight excluding hydrogens is 457 g/mol. The van der Waals surface area contributed by atoms with Crippen molar-refractivity contribution in [3.05, 3.63) is 29.8 Å². The minimum Gasteiger partial charge on any atom is -0.379 e. The van der Waals surface area contributed by atoms with Crippen LogP contribution in [0, 0.1) is 0 Å². The van der Waals surface area contributed by atoms with Gasteiger partial charge in [0.05, 0.1) is 29.8 Å². The first-order chi connectivity index (χ1) is 15.6. The van der Waals surface area contributed by atoms with Crippen molar-refractivity contribution in [3.63, 3.8) is 0 Å². The fraction of sp³-hybridized carbons (Fsp3) is 0.739. The van der Waals surface area contributed by atoms with E-state index in [-0.39, 0.29) is 17.0 Å². The number of morpholine rings is 1. The summed E-state index contributed by atoms with van der Waals surface area (Å²) in [4.78, 5) is 2.33. The van der Waals surface area contributed by atoms with E-state index in [1.165, 1.54) is 11.4 Å². The lowest BCUT2D eigenvalue weighted by atomic mass is 9.93. The Balaban J connectivity index is 1.41. The number of halogens is 3. The lowest BCUT2D eigenvalue weighted by Crippen LogP contribution is -2.42. The molecule has 1 heterocycles. The zero-order chi connectivity index (χ0) is 24.1. The summed E-state index contributed by atoms with van der Waals surface area (Å²) in [7, 11) is -2.34. The molecule has 6 nitrogen and oxygen atoms in total. The van der Waals surface area contributed by atoms with Crippen molar-refractivity contribution in [2.45, 2.75) is 74.7 Å². The first kappa shape index (κ1) is 26.4. The van der Waals surface area contributed by atoms with Crippen molar-refractivity contribution in [3.8, 4) is 0 Å². The van der Waals surface area contributed by atoms with Gasteiger partial charge in [-0.05, 0) is 69.7 Å². The molecular formula is C23H35F3N2O4S. The summed E-state index contributed by atoms with van der Waals surface area (Å²) >= 11 is 0. The van der Waals surface area contributed by atoms with Crippen LogP contribution in [0.5, 0.6) is 0 Å². The summed E-state index contributed by atoms with van der Waals surface area (Å²) < 4.78 is 76.8. The third-order valence-corrected chi connectivity index (χ3v) is 8.73. The average Bonchev–Trinajstić information content (AvgIpc) is 2.81. The van der Waals surface area contributed by atoms with E-state index in [0.29, 0.717) is 25.5 Å². The lowest BCUT2D eigenvalue weighted by molar-refractivity contribution is -0.137. The zero-order valence-corrected chi connectivity index (χ0v) is 20.2. The highest BCUT2D eigenvalue weighted by Gasteiger charge is 2.34. The molecule has 0 bridgehead atoms. The molecule has 2 aliphatic rings. The Morgan fingerprint density at radius 3 is 2.30 bits per heavy atom. The van der Waals surface area contributed by atoms with Crippen LogP contribution in [-0.4, -0.2) is 75.8 Å². The van der Waals surface area contributed by atoms with Gasteiger partial charge in [0.1, 0.15) is 0 Å². The first-order valence-electron chi connectivity index (χ1n) is 11.7. The van der Waals surface area contributed by atoms with Gasteiger partial charge < -0.3 is 9.47 Å². The van der Waals surface area contributed by atoms with E-state index in [2.05, 4.69) is 11.8 Å². The quantitative estimate of drug-likeness (QED) is 0.485. The molecule has 0 N–H and O–H groups in total. The Labute approximate surface area is 195 Å². The Kier molecular flexibility index (Phi) is 9.19. The van der Waals surface area contributed by atoms with Crippen LogP contribution >= 0.6 is 0 Å². The van der Waals surface area contributed by atoms with Crippen LogP contribution in [0.1, 0.15) is 51.0 Å². The number of rotatable bonds is 9. The minimum atomic E-state index is -4.49. The highest BCUT2D eigenvalue weighted by molar-refractivity contribution is 7.89. The maximum absolute atomic E-state index is 12.9. The summed E-state index contributed by atoms with van der Waals surface area (Å²) in [5.41, 5.74) is -0.860. The molecule has 1 saturated heterocycles. The smallest absolute Gasteiger partial charge is 0.379 e. The second-order valence-corrected chi connectivity index (χ2v) is 11.0. The van der Waals surface area contributed by atoms with Gasteiger partial charge in [0, 0.05) is 38.8 Å². The summed E-state index contributed by atoms with van der Waals surface area (Å²) in [5.74, 6) is 0. The fourth-order valence-corrected chi connectivity index (χ4v) is 6.00. The van der Waals surface area contributed by atoms with E-state index >= 15 is 0 Å². The van der Waals surface area contributed by atoms with E-state index in [4.69, 9.17) is 9.47 Å². The zero-order valence-electron chi connectivity index (χ0n) is 19.4. The Hall–Kier alpha value is -1.20. The summed E-state index contributed by atoms with van der Waals surface area (Å²) in [6.07, 6.45) is 0.586. The van der Waals surface area contributed by atoms with Crippen LogP contribution in [0.25, 0.3) is 0 Å². The number of hydrogen-bond donors (Lipinski definition) is 0. The summed E-state index contributed by atoms with van der Waals surface area (Å²) in [6.45, 7) is 6.50. The number of ether oxygens (including phenoxy) is 2. The lowest BCUT2D eigenvalue weighted by Gasteiger charge is -2.34. The normalized spacial score (nSPS) is 24.2. The van der Waals surface area contributed by atoms with Crippen LogP contribution in [0.15, 0.2) is 29.2 Å². The van der Waals surface area contributed by atoms with Crippen LogP contribution in [0.4, 0.5) is 13.2 Å². The van der Waals surface area contributed by atoms with Gasteiger partial charge >= 0.3 is 6.18 Å².